The first-order chi connectivity index (χ1) is 9.74. The van der Waals surface area contributed by atoms with Crippen LogP contribution in [0.25, 0.3) is 0 Å². The first-order valence-corrected chi connectivity index (χ1v) is 7.98. The van der Waals surface area contributed by atoms with Gasteiger partial charge in [0.05, 0.1) is 12.2 Å². The molecule has 0 bridgehead atoms. The van der Waals surface area contributed by atoms with E-state index in [4.69, 9.17) is 4.74 Å². The molecule has 112 valence electrons. The number of unbranched alkanes of at least 4 members (excludes halogenated alkanes) is 7. The van der Waals surface area contributed by atoms with Gasteiger partial charge in [-0.25, -0.2) is 4.79 Å². The summed E-state index contributed by atoms with van der Waals surface area (Å²) in [6.07, 6.45) is 10.1. The van der Waals surface area contributed by atoms with Gasteiger partial charge < -0.3 is 4.74 Å². The fourth-order valence-corrected chi connectivity index (χ4v) is 2.17. The van der Waals surface area contributed by atoms with E-state index in [-0.39, 0.29) is 5.97 Å². The fraction of sp³-hybridized carbons (Fsp3) is 0.611. The minimum atomic E-state index is -0.201. The van der Waals surface area contributed by atoms with Crippen LogP contribution in [-0.2, 0) is 4.74 Å². The van der Waals surface area contributed by atoms with Gasteiger partial charge >= 0.3 is 5.97 Å². The summed E-state index contributed by atoms with van der Waals surface area (Å²) in [5.74, 6) is -0.201. The molecule has 0 aliphatic rings. The van der Waals surface area contributed by atoms with Crippen molar-refractivity contribution in [1.29, 1.82) is 0 Å². The van der Waals surface area contributed by atoms with E-state index in [1.54, 1.807) is 0 Å². The van der Waals surface area contributed by atoms with E-state index in [0.29, 0.717) is 12.2 Å². The van der Waals surface area contributed by atoms with Crippen molar-refractivity contribution in [3.05, 3.63) is 35.4 Å². The summed E-state index contributed by atoms with van der Waals surface area (Å²) in [4.78, 5) is 11.7. The third-order valence-electron chi connectivity index (χ3n) is 3.52. The van der Waals surface area contributed by atoms with Gasteiger partial charge in [-0.15, -0.1) is 0 Å². The van der Waals surface area contributed by atoms with Crippen LogP contribution in [0, 0.1) is 6.92 Å². The van der Waals surface area contributed by atoms with Crippen molar-refractivity contribution in [1.82, 2.24) is 0 Å². The lowest BCUT2D eigenvalue weighted by atomic mass is 10.1. The molecule has 0 amide bonds. The Morgan fingerprint density at radius 1 is 0.900 bits per heavy atom. The highest BCUT2D eigenvalue weighted by molar-refractivity contribution is 5.89. The maximum absolute atomic E-state index is 11.7. The molecule has 0 heterocycles. The maximum atomic E-state index is 11.7. The number of ether oxygens (including phenoxy) is 1. The van der Waals surface area contributed by atoms with Gasteiger partial charge in [0.25, 0.3) is 0 Å². The van der Waals surface area contributed by atoms with Gasteiger partial charge in [0.1, 0.15) is 0 Å². The number of benzene rings is 1. The smallest absolute Gasteiger partial charge is 0.338 e. The van der Waals surface area contributed by atoms with E-state index in [1.165, 1.54) is 38.5 Å². The lowest BCUT2D eigenvalue weighted by Gasteiger charge is -2.05. The first-order valence-electron chi connectivity index (χ1n) is 7.98. The zero-order chi connectivity index (χ0) is 14.6. The molecule has 0 radical (unpaired) electrons. The molecule has 1 aromatic rings. The van der Waals surface area contributed by atoms with Crippen LogP contribution in [0.1, 0.15) is 74.2 Å². The van der Waals surface area contributed by atoms with Crippen LogP contribution in [-0.4, -0.2) is 12.6 Å². The van der Waals surface area contributed by atoms with E-state index in [0.717, 1.165) is 18.4 Å². The summed E-state index contributed by atoms with van der Waals surface area (Å²) < 4.78 is 5.27. The van der Waals surface area contributed by atoms with Crippen molar-refractivity contribution in [2.24, 2.45) is 0 Å². The number of hydrogen-bond donors (Lipinski definition) is 0. The Morgan fingerprint density at radius 3 is 2.05 bits per heavy atom. The van der Waals surface area contributed by atoms with Crippen molar-refractivity contribution in [3.63, 3.8) is 0 Å². The second-order valence-electron chi connectivity index (χ2n) is 5.48. The Balaban J connectivity index is 2.01. The minimum Gasteiger partial charge on any atom is -0.462 e. The van der Waals surface area contributed by atoms with Crippen LogP contribution in [0.2, 0.25) is 0 Å². The minimum absolute atomic E-state index is 0.201. The summed E-state index contributed by atoms with van der Waals surface area (Å²) in [5.41, 5.74) is 1.81. The fourth-order valence-electron chi connectivity index (χ4n) is 2.17. The van der Waals surface area contributed by atoms with Crippen molar-refractivity contribution in [3.8, 4) is 0 Å². The van der Waals surface area contributed by atoms with E-state index < -0.39 is 0 Å². The highest BCUT2D eigenvalue weighted by atomic mass is 16.5. The van der Waals surface area contributed by atoms with Gasteiger partial charge in [-0.3, -0.25) is 0 Å². The molecule has 0 spiro atoms. The number of aryl methyl sites for hydroxylation is 1. The Bertz CT molecular complexity index is 368. The van der Waals surface area contributed by atoms with Gasteiger partial charge in [-0.2, -0.15) is 0 Å². The molecule has 0 atom stereocenters. The first kappa shape index (κ1) is 16.7. The molecule has 0 aliphatic heterocycles. The highest BCUT2D eigenvalue weighted by Crippen LogP contribution is 2.09. The van der Waals surface area contributed by atoms with Crippen molar-refractivity contribution in [2.45, 2.75) is 65.2 Å². The maximum Gasteiger partial charge on any atom is 0.338 e. The Hall–Kier alpha value is -1.31. The molecule has 0 unspecified atom stereocenters. The average Bonchev–Trinajstić information content (AvgIpc) is 2.46. The summed E-state index contributed by atoms with van der Waals surface area (Å²) in [7, 11) is 0. The third kappa shape index (κ3) is 7.32. The second kappa shape index (κ2) is 10.5. The molecule has 0 fully saturated rings. The van der Waals surface area contributed by atoms with Crippen LogP contribution in [0.15, 0.2) is 24.3 Å². The number of rotatable bonds is 10. The van der Waals surface area contributed by atoms with Crippen LogP contribution in [0.4, 0.5) is 0 Å². The van der Waals surface area contributed by atoms with Gasteiger partial charge in [0.2, 0.25) is 0 Å². The van der Waals surface area contributed by atoms with Gasteiger partial charge in [-0.1, -0.05) is 69.6 Å². The zero-order valence-electron chi connectivity index (χ0n) is 13.0. The molecule has 1 rings (SSSR count). The zero-order valence-corrected chi connectivity index (χ0v) is 13.0. The molecule has 1 aromatic carbocycles. The molecule has 0 aromatic heterocycles. The molecule has 2 heteroatoms. The summed E-state index contributed by atoms with van der Waals surface area (Å²) in [5, 5.41) is 0. The van der Waals surface area contributed by atoms with Crippen LogP contribution >= 0.6 is 0 Å². The predicted molar refractivity (Wildman–Crippen MR) is 84.1 cm³/mol. The standard InChI is InChI=1S/C18H28O2/c1-3-4-5-6-7-8-9-10-15-20-18(19)17-13-11-16(2)12-14-17/h11-14H,3-10,15H2,1-2H3. The molecule has 0 saturated carbocycles. The SMILES string of the molecule is CCCCCCCCCCOC(=O)c1ccc(C)cc1. The molecule has 0 aliphatic carbocycles. The number of carbonyl (C=O) groups is 1. The van der Waals surface area contributed by atoms with E-state index in [2.05, 4.69) is 6.92 Å². The van der Waals surface area contributed by atoms with Crippen molar-refractivity contribution in [2.75, 3.05) is 6.61 Å². The molecule has 20 heavy (non-hydrogen) atoms. The molecule has 2 nitrogen and oxygen atoms in total. The van der Waals surface area contributed by atoms with Gasteiger partial charge in [0.15, 0.2) is 0 Å². The van der Waals surface area contributed by atoms with Crippen LogP contribution in [0.3, 0.4) is 0 Å². The molecule has 0 N–H and O–H groups in total. The van der Waals surface area contributed by atoms with Crippen LogP contribution < -0.4 is 0 Å². The van der Waals surface area contributed by atoms with Crippen molar-refractivity contribution >= 4 is 5.97 Å². The third-order valence-corrected chi connectivity index (χ3v) is 3.52. The number of hydrogen-bond acceptors (Lipinski definition) is 2. The van der Waals surface area contributed by atoms with E-state index in [9.17, 15) is 4.79 Å². The monoisotopic (exact) mass is 276 g/mol. The Labute approximate surface area is 123 Å². The number of carbonyl (C=O) groups excluding carboxylic acids is 1. The summed E-state index contributed by atoms with van der Waals surface area (Å²) in [6.45, 7) is 4.79. The lowest BCUT2D eigenvalue weighted by molar-refractivity contribution is 0.0497. The van der Waals surface area contributed by atoms with Crippen molar-refractivity contribution < 1.29 is 9.53 Å². The Kier molecular flexibility index (Phi) is 8.77. The summed E-state index contributed by atoms with van der Waals surface area (Å²) in [6, 6.07) is 7.52. The molecular weight excluding hydrogens is 248 g/mol. The highest BCUT2D eigenvalue weighted by Gasteiger charge is 2.05. The summed E-state index contributed by atoms with van der Waals surface area (Å²) >= 11 is 0. The average molecular weight is 276 g/mol. The van der Waals surface area contributed by atoms with E-state index >= 15 is 0 Å². The van der Waals surface area contributed by atoms with E-state index in [1.807, 2.05) is 31.2 Å². The lowest BCUT2D eigenvalue weighted by Crippen LogP contribution is -2.06. The largest absolute Gasteiger partial charge is 0.462 e. The number of esters is 1. The van der Waals surface area contributed by atoms with Gasteiger partial charge in [-0.05, 0) is 25.5 Å². The van der Waals surface area contributed by atoms with Crippen LogP contribution in [0.5, 0.6) is 0 Å². The normalized spacial score (nSPS) is 10.5. The quantitative estimate of drug-likeness (QED) is 0.428. The molecular formula is C18H28O2. The predicted octanol–water partition coefficient (Wildman–Crippen LogP) is 5.29. The Morgan fingerprint density at radius 2 is 1.45 bits per heavy atom. The molecule has 0 saturated heterocycles. The second-order valence-corrected chi connectivity index (χ2v) is 5.48. The van der Waals surface area contributed by atoms with Gasteiger partial charge in [0, 0.05) is 0 Å². The topological polar surface area (TPSA) is 26.3 Å².